The number of sulfone groups is 1. The van der Waals surface area contributed by atoms with Crippen LogP contribution in [0.25, 0.3) is 0 Å². The average molecular weight is 236 g/mol. The number of nitrogens with one attached hydrogen (secondary N) is 1. The Labute approximate surface area is 91.8 Å². The zero-order valence-electron chi connectivity index (χ0n) is 9.62. The Balaban J connectivity index is 3.37. The lowest BCUT2D eigenvalue weighted by Crippen LogP contribution is -2.27. The van der Waals surface area contributed by atoms with Crippen molar-refractivity contribution in [1.29, 1.82) is 0 Å². The monoisotopic (exact) mass is 236 g/mol. The van der Waals surface area contributed by atoms with Gasteiger partial charge in [-0.1, -0.05) is 0 Å². The van der Waals surface area contributed by atoms with Crippen LogP contribution in [0.2, 0.25) is 0 Å². The molecule has 0 aromatic carbocycles. The van der Waals surface area contributed by atoms with Crippen LogP contribution in [0.15, 0.2) is 0 Å². The Morgan fingerprint density at radius 2 is 1.87 bits per heavy atom. The highest BCUT2D eigenvalue weighted by Gasteiger charge is 2.03. The van der Waals surface area contributed by atoms with Crippen LogP contribution in [0.1, 0.15) is 12.8 Å². The predicted molar refractivity (Wildman–Crippen MR) is 60.5 cm³/mol. The van der Waals surface area contributed by atoms with Crippen LogP contribution in [0.4, 0.5) is 0 Å². The summed E-state index contributed by atoms with van der Waals surface area (Å²) in [7, 11) is 0.572. The Hall–Kier alpha value is -0.620. The molecular weight excluding hydrogens is 216 g/mol. The van der Waals surface area contributed by atoms with Crippen LogP contribution >= 0.6 is 0 Å². The number of hydrogen-bond donors (Lipinski definition) is 1. The standard InChI is InChI=1S/C9H20N2O3S/c1-11(2)9(12)5-7-10-6-4-8-15(3,13)14/h10H,4-8H2,1-3H3. The van der Waals surface area contributed by atoms with Gasteiger partial charge in [0.15, 0.2) is 0 Å². The second-order valence-corrected chi connectivity index (χ2v) is 6.03. The van der Waals surface area contributed by atoms with Crippen molar-refractivity contribution >= 4 is 15.7 Å². The molecule has 0 atom stereocenters. The number of amides is 1. The first-order valence-electron chi connectivity index (χ1n) is 4.91. The molecule has 0 saturated carbocycles. The van der Waals surface area contributed by atoms with Crippen molar-refractivity contribution in [3.8, 4) is 0 Å². The molecule has 1 amide bonds. The van der Waals surface area contributed by atoms with Crippen LogP contribution in [0, 0.1) is 0 Å². The first-order chi connectivity index (χ1) is 6.83. The van der Waals surface area contributed by atoms with Gasteiger partial charge in [0.05, 0.1) is 5.75 Å². The molecule has 0 aliphatic rings. The van der Waals surface area contributed by atoms with Crippen molar-refractivity contribution in [2.45, 2.75) is 12.8 Å². The zero-order chi connectivity index (χ0) is 11.9. The van der Waals surface area contributed by atoms with E-state index in [1.165, 1.54) is 11.2 Å². The third kappa shape index (κ3) is 9.68. The maximum Gasteiger partial charge on any atom is 0.223 e. The first-order valence-corrected chi connectivity index (χ1v) is 6.97. The van der Waals surface area contributed by atoms with Crippen molar-refractivity contribution in [3.05, 3.63) is 0 Å². The van der Waals surface area contributed by atoms with Gasteiger partial charge in [-0.2, -0.15) is 0 Å². The van der Waals surface area contributed by atoms with E-state index >= 15 is 0 Å². The Bertz CT molecular complexity index is 286. The molecule has 0 aliphatic carbocycles. The Kier molecular flexibility index (Phi) is 6.51. The number of rotatable bonds is 7. The van der Waals surface area contributed by atoms with Crippen LogP contribution in [-0.4, -0.2) is 58.4 Å². The lowest BCUT2D eigenvalue weighted by Gasteiger charge is -2.10. The molecule has 15 heavy (non-hydrogen) atoms. The summed E-state index contributed by atoms with van der Waals surface area (Å²) in [6.45, 7) is 1.23. The molecule has 1 N–H and O–H groups in total. The molecule has 0 spiro atoms. The van der Waals surface area contributed by atoms with Gasteiger partial charge in [-0.15, -0.1) is 0 Å². The highest BCUT2D eigenvalue weighted by Crippen LogP contribution is 1.88. The van der Waals surface area contributed by atoms with Gasteiger partial charge in [-0.25, -0.2) is 8.42 Å². The number of nitrogens with zero attached hydrogens (tertiary/aromatic N) is 1. The highest BCUT2D eigenvalue weighted by molar-refractivity contribution is 7.90. The molecule has 0 unspecified atom stereocenters. The van der Waals surface area contributed by atoms with Crippen LogP contribution in [0.3, 0.4) is 0 Å². The molecule has 0 heterocycles. The van der Waals surface area contributed by atoms with E-state index in [-0.39, 0.29) is 11.7 Å². The highest BCUT2D eigenvalue weighted by atomic mass is 32.2. The van der Waals surface area contributed by atoms with Gasteiger partial charge in [0.2, 0.25) is 5.91 Å². The van der Waals surface area contributed by atoms with Gasteiger partial charge < -0.3 is 10.2 Å². The summed E-state index contributed by atoms with van der Waals surface area (Å²) in [5.74, 6) is 0.271. The quantitative estimate of drug-likeness (QED) is 0.605. The predicted octanol–water partition coefficient (Wildman–Crippen LogP) is -0.511. The number of hydrogen-bond acceptors (Lipinski definition) is 4. The average Bonchev–Trinajstić information content (AvgIpc) is 2.08. The number of carbonyl (C=O) groups is 1. The van der Waals surface area contributed by atoms with E-state index in [0.29, 0.717) is 25.9 Å². The molecule has 0 bridgehead atoms. The van der Waals surface area contributed by atoms with E-state index in [2.05, 4.69) is 5.32 Å². The minimum absolute atomic E-state index is 0.0746. The Morgan fingerprint density at radius 3 is 2.33 bits per heavy atom. The van der Waals surface area contributed by atoms with Crippen molar-refractivity contribution in [2.24, 2.45) is 0 Å². The summed E-state index contributed by atoms with van der Waals surface area (Å²) in [6, 6.07) is 0. The minimum Gasteiger partial charge on any atom is -0.349 e. The third-order valence-corrected chi connectivity index (χ3v) is 2.91. The first kappa shape index (κ1) is 14.4. The molecule has 0 fully saturated rings. The zero-order valence-corrected chi connectivity index (χ0v) is 10.4. The molecule has 90 valence electrons. The smallest absolute Gasteiger partial charge is 0.223 e. The second-order valence-electron chi connectivity index (χ2n) is 3.77. The second kappa shape index (κ2) is 6.79. The fourth-order valence-corrected chi connectivity index (χ4v) is 1.67. The summed E-state index contributed by atoms with van der Waals surface area (Å²) < 4.78 is 21.5. The molecule has 6 heteroatoms. The summed E-state index contributed by atoms with van der Waals surface area (Å²) in [4.78, 5) is 12.7. The molecule has 0 aromatic rings. The Morgan fingerprint density at radius 1 is 1.27 bits per heavy atom. The fraction of sp³-hybridized carbons (Fsp3) is 0.889. The lowest BCUT2D eigenvalue weighted by atomic mass is 10.3. The summed E-state index contributed by atoms with van der Waals surface area (Å²) in [5.41, 5.74) is 0. The lowest BCUT2D eigenvalue weighted by molar-refractivity contribution is -0.128. The largest absolute Gasteiger partial charge is 0.349 e. The number of carbonyl (C=O) groups excluding carboxylic acids is 1. The summed E-state index contributed by atoms with van der Waals surface area (Å²) in [5, 5.41) is 3.03. The van der Waals surface area contributed by atoms with Crippen LogP contribution < -0.4 is 5.32 Å². The third-order valence-electron chi connectivity index (χ3n) is 1.88. The molecule has 5 nitrogen and oxygen atoms in total. The van der Waals surface area contributed by atoms with E-state index < -0.39 is 9.84 Å². The van der Waals surface area contributed by atoms with Gasteiger partial charge in [-0.05, 0) is 13.0 Å². The van der Waals surface area contributed by atoms with Crippen molar-refractivity contribution in [3.63, 3.8) is 0 Å². The summed E-state index contributed by atoms with van der Waals surface area (Å²) in [6.07, 6.45) is 2.27. The van der Waals surface area contributed by atoms with Gasteiger partial charge in [0.25, 0.3) is 0 Å². The van der Waals surface area contributed by atoms with Gasteiger partial charge in [0.1, 0.15) is 9.84 Å². The van der Waals surface area contributed by atoms with E-state index in [0.717, 1.165) is 0 Å². The van der Waals surface area contributed by atoms with Gasteiger partial charge in [-0.3, -0.25) is 4.79 Å². The summed E-state index contributed by atoms with van der Waals surface area (Å²) >= 11 is 0. The van der Waals surface area contributed by atoms with Gasteiger partial charge in [0, 0.05) is 33.3 Å². The maximum atomic E-state index is 11.1. The van der Waals surface area contributed by atoms with E-state index in [1.807, 2.05) is 0 Å². The molecule has 0 rings (SSSR count). The van der Waals surface area contributed by atoms with Crippen LogP contribution in [-0.2, 0) is 14.6 Å². The van der Waals surface area contributed by atoms with Crippen LogP contribution in [0.5, 0.6) is 0 Å². The van der Waals surface area contributed by atoms with Crippen molar-refractivity contribution in [2.75, 3.05) is 39.2 Å². The normalized spacial score (nSPS) is 11.4. The molecule has 0 radical (unpaired) electrons. The topological polar surface area (TPSA) is 66.5 Å². The SMILES string of the molecule is CN(C)C(=O)CCNCCCS(C)(=O)=O. The van der Waals surface area contributed by atoms with Crippen molar-refractivity contribution in [1.82, 2.24) is 10.2 Å². The molecule has 0 aromatic heterocycles. The van der Waals surface area contributed by atoms with E-state index in [9.17, 15) is 13.2 Å². The maximum absolute atomic E-state index is 11.1. The fourth-order valence-electron chi connectivity index (χ4n) is 1.00. The van der Waals surface area contributed by atoms with Crippen molar-refractivity contribution < 1.29 is 13.2 Å². The molecule has 0 aliphatic heterocycles. The van der Waals surface area contributed by atoms with Gasteiger partial charge >= 0.3 is 0 Å². The molecule has 0 saturated heterocycles. The van der Waals surface area contributed by atoms with E-state index in [1.54, 1.807) is 14.1 Å². The van der Waals surface area contributed by atoms with E-state index in [4.69, 9.17) is 0 Å². The minimum atomic E-state index is -2.86. The molecular formula is C9H20N2O3S.